The molecule has 16 heavy (non-hydrogen) atoms. The van der Waals surface area contributed by atoms with Crippen molar-refractivity contribution in [2.75, 3.05) is 7.11 Å². The zero-order valence-corrected chi connectivity index (χ0v) is 9.40. The van der Waals surface area contributed by atoms with Gasteiger partial charge in [0.05, 0.1) is 12.7 Å². The molecule has 3 nitrogen and oxygen atoms in total. The van der Waals surface area contributed by atoms with Gasteiger partial charge in [-0.05, 0) is 37.0 Å². The Labute approximate surface area is 94.4 Å². The molecule has 1 saturated carbocycles. The van der Waals surface area contributed by atoms with Crippen LogP contribution in [0.2, 0.25) is 0 Å². The second-order valence-electron chi connectivity index (χ2n) is 4.17. The summed E-state index contributed by atoms with van der Waals surface area (Å²) in [6, 6.07) is 7.30. The summed E-state index contributed by atoms with van der Waals surface area (Å²) in [5.74, 6) is 0.459. The third-order valence-electron chi connectivity index (χ3n) is 3.07. The zero-order chi connectivity index (χ0) is 11.7. The molecule has 0 heterocycles. The number of esters is 1. The molecule has 0 spiro atoms. The fourth-order valence-electron chi connectivity index (χ4n) is 2.00. The fraction of sp³-hybridized carbons (Fsp3) is 0.385. The highest BCUT2D eigenvalue weighted by Gasteiger charge is 2.41. The van der Waals surface area contributed by atoms with Crippen molar-refractivity contribution in [3.63, 3.8) is 0 Å². The first kappa shape index (κ1) is 10.9. The van der Waals surface area contributed by atoms with Gasteiger partial charge in [-0.3, -0.25) is 4.79 Å². The maximum Gasteiger partial charge on any atom is 0.337 e. The minimum absolute atomic E-state index is 0.184. The van der Waals surface area contributed by atoms with Crippen molar-refractivity contribution in [1.29, 1.82) is 0 Å². The minimum atomic E-state index is -0.328. The Morgan fingerprint density at radius 2 is 1.88 bits per heavy atom. The van der Waals surface area contributed by atoms with Gasteiger partial charge in [0.15, 0.2) is 0 Å². The maximum absolute atomic E-state index is 11.2. The third-order valence-corrected chi connectivity index (χ3v) is 3.07. The Kier molecular flexibility index (Phi) is 2.77. The van der Waals surface area contributed by atoms with Gasteiger partial charge in [-0.15, -0.1) is 0 Å². The van der Waals surface area contributed by atoms with E-state index in [1.54, 1.807) is 19.1 Å². The maximum atomic E-state index is 11.2. The summed E-state index contributed by atoms with van der Waals surface area (Å²) in [6.07, 6.45) is 0.937. The first-order valence-electron chi connectivity index (χ1n) is 5.32. The molecule has 1 aromatic carbocycles. The third kappa shape index (κ3) is 1.98. The lowest BCUT2D eigenvalue weighted by molar-refractivity contribution is -0.118. The molecule has 2 unspecified atom stereocenters. The van der Waals surface area contributed by atoms with Gasteiger partial charge in [0.25, 0.3) is 0 Å². The van der Waals surface area contributed by atoms with Crippen molar-refractivity contribution in [3.8, 4) is 0 Å². The van der Waals surface area contributed by atoms with E-state index in [0.717, 1.165) is 12.0 Å². The molecule has 0 radical (unpaired) electrons. The monoisotopic (exact) mass is 218 g/mol. The Morgan fingerprint density at radius 1 is 1.25 bits per heavy atom. The van der Waals surface area contributed by atoms with Gasteiger partial charge in [-0.2, -0.15) is 0 Å². The molecule has 1 fully saturated rings. The molecular weight excluding hydrogens is 204 g/mol. The number of benzene rings is 1. The zero-order valence-electron chi connectivity index (χ0n) is 9.40. The number of hydrogen-bond acceptors (Lipinski definition) is 3. The molecule has 0 amide bonds. The predicted molar refractivity (Wildman–Crippen MR) is 59.3 cm³/mol. The van der Waals surface area contributed by atoms with E-state index < -0.39 is 0 Å². The molecule has 84 valence electrons. The summed E-state index contributed by atoms with van der Waals surface area (Å²) in [5, 5.41) is 0. The lowest BCUT2D eigenvalue weighted by Gasteiger charge is -2.01. The highest BCUT2D eigenvalue weighted by molar-refractivity contribution is 5.89. The molecule has 0 aliphatic heterocycles. The van der Waals surface area contributed by atoms with E-state index in [1.807, 2.05) is 12.1 Å². The Morgan fingerprint density at radius 3 is 2.31 bits per heavy atom. The second-order valence-corrected chi connectivity index (χ2v) is 4.17. The summed E-state index contributed by atoms with van der Waals surface area (Å²) in [4.78, 5) is 22.3. The van der Waals surface area contributed by atoms with Crippen molar-refractivity contribution in [2.45, 2.75) is 19.3 Å². The van der Waals surface area contributed by atoms with E-state index in [1.165, 1.54) is 7.11 Å². The van der Waals surface area contributed by atoms with Crippen LogP contribution in [-0.4, -0.2) is 18.9 Å². The lowest BCUT2D eigenvalue weighted by Crippen LogP contribution is -2.01. The summed E-state index contributed by atoms with van der Waals surface area (Å²) in [7, 11) is 1.36. The lowest BCUT2D eigenvalue weighted by atomic mass is 10.1. The standard InChI is InChI=1S/C13H14O3/c1-8(14)11-7-12(11)9-3-5-10(6-4-9)13(15)16-2/h3-6,11-12H,7H2,1-2H3. The fourth-order valence-corrected chi connectivity index (χ4v) is 2.00. The Balaban J connectivity index is 2.09. The van der Waals surface area contributed by atoms with Crippen molar-refractivity contribution < 1.29 is 14.3 Å². The molecule has 1 aromatic rings. The summed E-state index contributed by atoms with van der Waals surface area (Å²) in [6.45, 7) is 1.63. The summed E-state index contributed by atoms with van der Waals surface area (Å²) >= 11 is 0. The highest BCUT2D eigenvalue weighted by Crippen LogP contribution is 2.47. The quantitative estimate of drug-likeness (QED) is 0.730. The number of rotatable bonds is 3. The number of hydrogen-bond donors (Lipinski definition) is 0. The van der Waals surface area contributed by atoms with Crippen LogP contribution in [0.4, 0.5) is 0 Å². The van der Waals surface area contributed by atoms with Crippen molar-refractivity contribution >= 4 is 11.8 Å². The van der Waals surface area contributed by atoms with E-state index in [-0.39, 0.29) is 17.7 Å². The van der Waals surface area contributed by atoms with Crippen molar-refractivity contribution in [2.24, 2.45) is 5.92 Å². The van der Waals surface area contributed by atoms with E-state index >= 15 is 0 Å². The van der Waals surface area contributed by atoms with Gasteiger partial charge in [-0.25, -0.2) is 4.79 Å². The molecule has 3 heteroatoms. The largest absolute Gasteiger partial charge is 0.465 e. The normalized spacial score (nSPS) is 22.6. The van der Waals surface area contributed by atoms with Crippen LogP contribution in [0.3, 0.4) is 0 Å². The van der Waals surface area contributed by atoms with Gasteiger partial charge < -0.3 is 4.74 Å². The van der Waals surface area contributed by atoms with Crippen LogP contribution in [0.15, 0.2) is 24.3 Å². The SMILES string of the molecule is COC(=O)c1ccc(C2CC2C(C)=O)cc1. The van der Waals surface area contributed by atoms with E-state index in [0.29, 0.717) is 11.5 Å². The summed E-state index contributed by atoms with van der Waals surface area (Å²) in [5.41, 5.74) is 1.68. The van der Waals surface area contributed by atoms with E-state index in [9.17, 15) is 9.59 Å². The number of ketones is 1. The van der Waals surface area contributed by atoms with Crippen LogP contribution in [0.5, 0.6) is 0 Å². The van der Waals surface area contributed by atoms with Gasteiger partial charge in [0, 0.05) is 5.92 Å². The van der Waals surface area contributed by atoms with E-state index in [4.69, 9.17) is 0 Å². The minimum Gasteiger partial charge on any atom is -0.465 e. The average molecular weight is 218 g/mol. The molecule has 1 aliphatic carbocycles. The van der Waals surface area contributed by atoms with Gasteiger partial charge in [0.1, 0.15) is 5.78 Å². The molecule has 1 aliphatic rings. The van der Waals surface area contributed by atoms with E-state index in [2.05, 4.69) is 4.74 Å². The van der Waals surface area contributed by atoms with Crippen LogP contribution in [0, 0.1) is 5.92 Å². The molecule has 0 aromatic heterocycles. The van der Waals surface area contributed by atoms with Crippen LogP contribution >= 0.6 is 0 Å². The van der Waals surface area contributed by atoms with Crippen LogP contribution in [0.1, 0.15) is 35.2 Å². The molecule has 0 bridgehead atoms. The second kappa shape index (κ2) is 4.08. The van der Waals surface area contributed by atoms with Crippen LogP contribution < -0.4 is 0 Å². The molecule has 0 N–H and O–H groups in total. The summed E-state index contributed by atoms with van der Waals surface area (Å²) < 4.78 is 4.62. The molecule has 0 saturated heterocycles. The van der Waals surface area contributed by atoms with Gasteiger partial charge in [-0.1, -0.05) is 12.1 Å². The first-order chi connectivity index (χ1) is 7.63. The first-order valence-corrected chi connectivity index (χ1v) is 5.32. The number of carbonyl (C=O) groups is 2. The number of carbonyl (C=O) groups excluding carboxylic acids is 2. The molecule has 2 rings (SSSR count). The predicted octanol–water partition coefficient (Wildman–Crippen LogP) is 2.17. The smallest absolute Gasteiger partial charge is 0.337 e. The number of methoxy groups -OCH3 is 1. The average Bonchev–Trinajstić information content (AvgIpc) is 3.08. The number of Topliss-reactive ketones (excluding diaryl/α,β-unsaturated/α-hetero) is 1. The topological polar surface area (TPSA) is 43.4 Å². The Bertz CT molecular complexity index is 419. The van der Waals surface area contributed by atoms with Crippen LogP contribution in [-0.2, 0) is 9.53 Å². The van der Waals surface area contributed by atoms with Crippen molar-refractivity contribution in [1.82, 2.24) is 0 Å². The number of ether oxygens (including phenoxy) is 1. The highest BCUT2D eigenvalue weighted by atomic mass is 16.5. The van der Waals surface area contributed by atoms with Gasteiger partial charge in [0.2, 0.25) is 0 Å². The van der Waals surface area contributed by atoms with Gasteiger partial charge >= 0.3 is 5.97 Å². The Hall–Kier alpha value is -1.64. The molecule has 2 atom stereocenters. The van der Waals surface area contributed by atoms with Crippen molar-refractivity contribution in [3.05, 3.63) is 35.4 Å². The van der Waals surface area contributed by atoms with Crippen LogP contribution in [0.25, 0.3) is 0 Å². The molecular formula is C13H14O3.